The highest BCUT2D eigenvalue weighted by molar-refractivity contribution is 6.31. The summed E-state index contributed by atoms with van der Waals surface area (Å²) >= 11 is 6.29. The van der Waals surface area contributed by atoms with Gasteiger partial charge in [-0.3, -0.25) is 14.3 Å². The number of carboxylic acid groups (broad SMARTS) is 1. The van der Waals surface area contributed by atoms with E-state index in [1.807, 2.05) is 20.8 Å². The minimum atomic E-state index is -4.90. The van der Waals surface area contributed by atoms with Crippen LogP contribution in [0.15, 0.2) is 24.4 Å². The number of halogens is 4. The zero-order chi connectivity index (χ0) is 29.3. The van der Waals surface area contributed by atoms with Gasteiger partial charge in [-0.15, -0.1) is 0 Å². The molecule has 216 valence electrons. The second-order valence-electron chi connectivity index (χ2n) is 11.6. The van der Waals surface area contributed by atoms with E-state index in [0.29, 0.717) is 0 Å². The fourth-order valence-electron chi connectivity index (χ4n) is 5.06. The Morgan fingerprint density at radius 1 is 1.26 bits per heavy atom. The number of aromatic nitrogens is 2. The van der Waals surface area contributed by atoms with Crippen LogP contribution in [0.4, 0.5) is 13.2 Å². The highest BCUT2D eigenvalue weighted by Gasteiger charge is 2.45. The molecule has 1 aromatic carbocycles. The number of carboxylic acids is 1. The quantitative estimate of drug-likeness (QED) is 0.402. The lowest BCUT2D eigenvalue weighted by molar-refractivity contribution is -0.152. The zero-order valence-electron chi connectivity index (χ0n) is 22.7. The summed E-state index contributed by atoms with van der Waals surface area (Å²) < 4.78 is 49.3. The molecular formula is C27H35ClF3N3O5. The molecular weight excluding hydrogens is 539 g/mol. The van der Waals surface area contributed by atoms with Crippen molar-refractivity contribution in [2.24, 2.45) is 10.8 Å². The van der Waals surface area contributed by atoms with E-state index < -0.39 is 52.3 Å². The molecule has 0 spiro atoms. The average molecular weight is 574 g/mol. The molecule has 12 heteroatoms. The monoisotopic (exact) mass is 573 g/mol. The van der Waals surface area contributed by atoms with Gasteiger partial charge in [0.15, 0.2) is 5.69 Å². The maximum Gasteiger partial charge on any atom is 0.433 e. The Morgan fingerprint density at radius 3 is 2.38 bits per heavy atom. The van der Waals surface area contributed by atoms with Gasteiger partial charge in [-0.25, -0.2) is 0 Å². The highest BCUT2D eigenvalue weighted by Crippen LogP contribution is 2.44. The Labute approximate surface area is 230 Å². The number of amides is 1. The van der Waals surface area contributed by atoms with Crippen molar-refractivity contribution in [1.82, 2.24) is 14.7 Å². The molecule has 0 saturated heterocycles. The molecule has 0 unspecified atom stereocenters. The molecule has 1 saturated carbocycles. The zero-order valence-corrected chi connectivity index (χ0v) is 23.4. The second kappa shape index (κ2) is 11.4. The number of ether oxygens (including phenoxy) is 1. The predicted octanol–water partition coefficient (Wildman–Crippen LogP) is 5.99. The smallest absolute Gasteiger partial charge is 0.433 e. The van der Waals surface area contributed by atoms with Crippen molar-refractivity contribution in [1.29, 1.82) is 0 Å². The first kappa shape index (κ1) is 30.7. The predicted molar refractivity (Wildman–Crippen MR) is 139 cm³/mol. The third-order valence-corrected chi connectivity index (χ3v) is 7.46. The number of rotatable bonds is 8. The Morgan fingerprint density at radius 2 is 1.87 bits per heavy atom. The molecule has 1 aromatic heterocycles. The summed E-state index contributed by atoms with van der Waals surface area (Å²) in [6.07, 6.45) is -4.58. The van der Waals surface area contributed by atoms with Crippen LogP contribution in [-0.2, 0) is 11.0 Å². The second-order valence-corrected chi connectivity index (χ2v) is 12.0. The van der Waals surface area contributed by atoms with E-state index in [2.05, 4.69) is 5.10 Å². The van der Waals surface area contributed by atoms with Crippen LogP contribution in [0.5, 0.6) is 5.75 Å². The lowest BCUT2D eigenvalue weighted by Crippen LogP contribution is -2.41. The Balaban J connectivity index is 1.98. The van der Waals surface area contributed by atoms with Crippen LogP contribution in [0, 0.1) is 10.8 Å². The van der Waals surface area contributed by atoms with Crippen molar-refractivity contribution in [2.75, 3.05) is 20.2 Å². The lowest BCUT2D eigenvalue weighted by Gasteiger charge is -2.35. The third kappa shape index (κ3) is 6.87. The van der Waals surface area contributed by atoms with Gasteiger partial charge in [-0.2, -0.15) is 18.3 Å². The van der Waals surface area contributed by atoms with Crippen molar-refractivity contribution in [3.8, 4) is 5.75 Å². The molecule has 1 heterocycles. The van der Waals surface area contributed by atoms with Crippen LogP contribution in [0.1, 0.15) is 87.1 Å². The van der Waals surface area contributed by atoms with E-state index in [0.717, 1.165) is 10.9 Å². The van der Waals surface area contributed by atoms with Crippen molar-refractivity contribution >= 4 is 23.5 Å². The molecule has 1 atom stereocenters. The van der Waals surface area contributed by atoms with Crippen LogP contribution in [0.3, 0.4) is 0 Å². The molecule has 1 aliphatic rings. The van der Waals surface area contributed by atoms with Crippen molar-refractivity contribution < 1.29 is 37.7 Å². The van der Waals surface area contributed by atoms with E-state index in [1.165, 1.54) is 12.0 Å². The molecule has 0 aliphatic heterocycles. The van der Waals surface area contributed by atoms with Crippen molar-refractivity contribution in [3.63, 3.8) is 0 Å². The highest BCUT2D eigenvalue weighted by atomic mass is 35.5. The first-order chi connectivity index (χ1) is 18.0. The van der Waals surface area contributed by atoms with Gasteiger partial charge in [0.05, 0.1) is 41.9 Å². The van der Waals surface area contributed by atoms with Gasteiger partial charge < -0.3 is 19.8 Å². The molecule has 1 fully saturated rings. The van der Waals surface area contributed by atoms with Gasteiger partial charge in [0.2, 0.25) is 0 Å². The van der Waals surface area contributed by atoms with Crippen molar-refractivity contribution in [3.05, 3.63) is 46.2 Å². The minimum absolute atomic E-state index is 0.0402. The number of aliphatic hydroxyl groups is 1. The number of carbonyl (C=O) groups is 2. The summed E-state index contributed by atoms with van der Waals surface area (Å²) in [5.41, 5.74) is -3.11. The number of alkyl halides is 3. The molecule has 3 rings (SSSR count). The van der Waals surface area contributed by atoms with Crippen LogP contribution < -0.4 is 4.74 Å². The number of aliphatic carboxylic acids is 1. The van der Waals surface area contributed by atoms with E-state index in [-0.39, 0.29) is 55.1 Å². The lowest BCUT2D eigenvalue weighted by atomic mass is 9.74. The number of hydrogen-bond acceptors (Lipinski definition) is 5. The topological polar surface area (TPSA) is 105 Å². The molecule has 2 N–H and O–H groups in total. The van der Waals surface area contributed by atoms with Gasteiger partial charge in [-0.1, -0.05) is 38.4 Å². The van der Waals surface area contributed by atoms with E-state index in [4.69, 9.17) is 16.3 Å². The van der Waals surface area contributed by atoms with E-state index in [9.17, 15) is 33.0 Å². The summed E-state index contributed by atoms with van der Waals surface area (Å²) in [6.45, 7) is 6.76. The largest absolute Gasteiger partial charge is 0.496 e. The van der Waals surface area contributed by atoms with Gasteiger partial charge in [-0.05, 0) is 50.2 Å². The number of benzene rings is 1. The van der Waals surface area contributed by atoms with Crippen LogP contribution in [0.2, 0.25) is 5.02 Å². The fourth-order valence-corrected chi connectivity index (χ4v) is 5.35. The number of hydrogen-bond donors (Lipinski definition) is 2. The van der Waals surface area contributed by atoms with Crippen LogP contribution >= 0.6 is 11.6 Å². The number of aliphatic hydroxyl groups excluding tert-OH is 1. The molecule has 8 nitrogen and oxygen atoms in total. The normalized spacial score (nSPS) is 20.9. The Kier molecular flexibility index (Phi) is 8.96. The first-order valence-electron chi connectivity index (χ1n) is 12.7. The molecule has 2 aromatic rings. The maximum absolute atomic E-state index is 14.4. The minimum Gasteiger partial charge on any atom is -0.496 e. The average Bonchev–Trinajstić information content (AvgIpc) is 3.28. The van der Waals surface area contributed by atoms with Crippen molar-refractivity contribution in [2.45, 2.75) is 71.7 Å². The molecule has 1 aliphatic carbocycles. The molecule has 0 radical (unpaired) electrons. The number of nitrogens with zero attached hydrogens (tertiary/aromatic N) is 3. The Bertz CT molecular complexity index is 1200. The standard InChI is InChI=1S/C27H35ClF3N3O5/c1-25(2,3)15-33(14-19(35)21-18(28)7-6-8-20(21)39-5)23(36)17-13-32-34(22(17)27(29,30)31)16-9-11-26(4,12-10-16)24(37)38/h6-8,13,16,19,35H,9-12,14-15H2,1-5H3,(H,37,38)/t16-,19-,26-/m1/s1. The first-order valence-corrected chi connectivity index (χ1v) is 13.0. The fraction of sp³-hybridized carbons (Fsp3) is 0.593. The Hall–Kier alpha value is -2.79. The van der Waals surface area contributed by atoms with Gasteiger partial charge in [0.25, 0.3) is 5.91 Å². The number of carbonyl (C=O) groups excluding carboxylic acids is 1. The third-order valence-electron chi connectivity index (χ3n) is 7.13. The summed E-state index contributed by atoms with van der Waals surface area (Å²) in [5.74, 6) is -1.63. The SMILES string of the molecule is COc1cccc(Cl)c1[C@H](O)CN(CC(C)(C)C)C(=O)c1cnn([C@H]2CC[C@](C)(C(=O)O)CC2)c1C(F)(F)F. The summed E-state index contributed by atoms with van der Waals surface area (Å²) in [4.78, 5) is 26.5. The summed E-state index contributed by atoms with van der Waals surface area (Å²) in [6, 6.07) is 4.06. The van der Waals surface area contributed by atoms with Gasteiger partial charge in [0, 0.05) is 12.1 Å². The summed E-state index contributed by atoms with van der Waals surface area (Å²) in [5, 5.41) is 24.7. The molecule has 1 amide bonds. The van der Waals surface area contributed by atoms with E-state index >= 15 is 0 Å². The maximum atomic E-state index is 14.4. The van der Waals surface area contributed by atoms with Crippen LogP contribution in [0.25, 0.3) is 0 Å². The molecule has 0 bridgehead atoms. The number of methoxy groups -OCH3 is 1. The summed E-state index contributed by atoms with van der Waals surface area (Å²) in [7, 11) is 1.40. The van der Waals surface area contributed by atoms with Gasteiger partial charge in [0.1, 0.15) is 11.9 Å². The van der Waals surface area contributed by atoms with Gasteiger partial charge >= 0.3 is 12.1 Å². The molecule has 39 heavy (non-hydrogen) atoms. The van der Waals surface area contributed by atoms with E-state index in [1.54, 1.807) is 25.1 Å². The van der Waals surface area contributed by atoms with Crippen LogP contribution in [-0.4, -0.2) is 57.0 Å².